The molecule has 0 aliphatic carbocycles. The average Bonchev–Trinajstić information content (AvgIpc) is 3.73. The van der Waals surface area contributed by atoms with Crippen LogP contribution in [0.1, 0.15) is 48.3 Å². The number of hydrogen-bond acceptors (Lipinski definition) is 4. The Morgan fingerprint density at radius 1 is 1.07 bits per heavy atom. The van der Waals surface area contributed by atoms with E-state index in [4.69, 9.17) is 0 Å². The first kappa shape index (κ1) is 32.3. The minimum atomic E-state index is -1.40. The minimum absolute atomic E-state index is 0.0361. The first-order valence-corrected chi connectivity index (χ1v) is 14.9. The number of aromatic nitrogens is 1. The SMILES string of the molecule is CC(C)CC(C(=O)N1C[C@]2(C[C@H]1C#N)C(=O)Nc1ccccc12)N(C)C(=O)c1cc2c(F)cc(F)c(F)c2[nH]1.Cc1ccccc1. The first-order valence-electron chi connectivity index (χ1n) is 14.9. The number of aromatic amines is 1. The number of nitriles is 1. The molecule has 0 saturated carbocycles. The number of anilines is 1. The van der Waals surface area contributed by atoms with Crippen molar-refractivity contribution in [1.82, 2.24) is 14.8 Å². The van der Waals surface area contributed by atoms with Gasteiger partial charge in [0.1, 0.15) is 23.6 Å². The summed E-state index contributed by atoms with van der Waals surface area (Å²) in [6.45, 7) is 5.78. The molecule has 8 nitrogen and oxygen atoms in total. The highest BCUT2D eigenvalue weighted by Crippen LogP contribution is 2.46. The van der Waals surface area contributed by atoms with Gasteiger partial charge in [-0.05, 0) is 37.0 Å². The van der Waals surface area contributed by atoms with Gasteiger partial charge in [-0.3, -0.25) is 14.4 Å². The van der Waals surface area contributed by atoms with Gasteiger partial charge in [-0.1, -0.05) is 67.9 Å². The highest BCUT2D eigenvalue weighted by molar-refractivity contribution is 6.07. The van der Waals surface area contributed by atoms with E-state index in [0.717, 1.165) is 11.0 Å². The van der Waals surface area contributed by atoms with E-state index in [1.165, 1.54) is 17.5 Å². The molecular formula is C35H34F3N5O3. The van der Waals surface area contributed by atoms with Crippen molar-refractivity contribution in [3.63, 3.8) is 0 Å². The van der Waals surface area contributed by atoms with Gasteiger partial charge < -0.3 is 20.1 Å². The summed E-state index contributed by atoms with van der Waals surface area (Å²) in [6, 6.07) is 19.1. The lowest BCUT2D eigenvalue weighted by Crippen LogP contribution is -2.52. The Hall–Kier alpha value is -5.11. The van der Waals surface area contributed by atoms with Gasteiger partial charge in [0.2, 0.25) is 11.8 Å². The topological polar surface area (TPSA) is 109 Å². The normalized spacial score (nSPS) is 19.0. The van der Waals surface area contributed by atoms with Crippen LogP contribution in [-0.2, 0) is 15.0 Å². The van der Waals surface area contributed by atoms with Gasteiger partial charge in [0, 0.05) is 37.2 Å². The van der Waals surface area contributed by atoms with E-state index in [1.807, 2.05) is 32.0 Å². The van der Waals surface area contributed by atoms with Crippen molar-refractivity contribution >= 4 is 34.3 Å². The fourth-order valence-corrected chi connectivity index (χ4v) is 6.22. The predicted octanol–water partition coefficient (Wildman–Crippen LogP) is 6.08. The lowest BCUT2D eigenvalue weighted by molar-refractivity contribution is -0.136. The molecule has 3 aromatic carbocycles. The molecule has 238 valence electrons. The fraction of sp³-hybridized carbons (Fsp3) is 0.314. The van der Waals surface area contributed by atoms with Crippen molar-refractivity contribution in [3.8, 4) is 6.07 Å². The third-order valence-electron chi connectivity index (χ3n) is 8.61. The zero-order chi connectivity index (χ0) is 33.3. The molecule has 0 bridgehead atoms. The maximum atomic E-state index is 14.3. The molecule has 11 heteroatoms. The number of nitrogens with zero attached hydrogens (tertiary/aromatic N) is 3. The van der Waals surface area contributed by atoms with Gasteiger partial charge in [0.15, 0.2) is 11.6 Å². The van der Waals surface area contributed by atoms with E-state index in [9.17, 15) is 32.8 Å². The van der Waals surface area contributed by atoms with E-state index in [-0.39, 0.29) is 42.3 Å². The van der Waals surface area contributed by atoms with Crippen molar-refractivity contribution < 1.29 is 27.6 Å². The maximum Gasteiger partial charge on any atom is 0.270 e. The van der Waals surface area contributed by atoms with E-state index >= 15 is 0 Å². The van der Waals surface area contributed by atoms with Crippen LogP contribution in [0.2, 0.25) is 0 Å². The second-order valence-electron chi connectivity index (χ2n) is 12.2. The average molecular weight is 630 g/mol. The number of aryl methyl sites for hydroxylation is 1. The number of fused-ring (bicyclic) bond motifs is 3. The molecule has 0 radical (unpaired) electrons. The van der Waals surface area contributed by atoms with Crippen LogP contribution < -0.4 is 5.32 Å². The molecule has 1 saturated heterocycles. The summed E-state index contributed by atoms with van der Waals surface area (Å²) < 4.78 is 42.2. The number of para-hydroxylation sites is 1. The standard InChI is InChI=1S/C28H26F3N5O3.C7H8/c1-14(2)8-22(35(3)25(37)21-9-16-18(29)10-19(30)23(31)24(16)33-21)26(38)36-13-28(11-15(36)12-32)17-6-4-5-7-20(17)34-27(28)39;1-7-5-3-2-4-6-7/h4-7,9-10,14-15,22,33H,8,11,13H2,1-3H3,(H,34,39);2-6H,1H3/t15-,22?,28-;/m0./s1. The van der Waals surface area contributed by atoms with Crippen molar-refractivity contribution in [2.45, 2.75) is 51.1 Å². The summed E-state index contributed by atoms with van der Waals surface area (Å²) in [5, 5.41) is 12.5. The summed E-state index contributed by atoms with van der Waals surface area (Å²) in [5.41, 5.74) is 0.860. The molecule has 1 fully saturated rings. The van der Waals surface area contributed by atoms with Crippen LogP contribution in [-0.4, -0.2) is 58.2 Å². The fourth-order valence-electron chi connectivity index (χ4n) is 6.22. The van der Waals surface area contributed by atoms with E-state index < -0.39 is 52.3 Å². The van der Waals surface area contributed by atoms with Crippen LogP contribution in [0.15, 0.2) is 66.7 Å². The number of rotatable bonds is 5. The molecule has 4 aromatic rings. The van der Waals surface area contributed by atoms with Gasteiger partial charge in [-0.2, -0.15) is 5.26 Å². The molecule has 1 unspecified atom stereocenters. The number of likely N-dealkylation sites (tertiary alicyclic amines) is 1. The van der Waals surface area contributed by atoms with Gasteiger partial charge in [0.05, 0.1) is 17.0 Å². The van der Waals surface area contributed by atoms with E-state index in [2.05, 4.69) is 35.4 Å². The zero-order valence-electron chi connectivity index (χ0n) is 25.9. The third-order valence-corrected chi connectivity index (χ3v) is 8.61. The van der Waals surface area contributed by atoms with Crippen LogP contribution in [0, 0.1) is 41.6 Å². The van der Waals surface area contributed by atoms with E-state index in [0.29, 0.717) is 17.3 Å². The van der Waals surface area contributed by atoms with Crippen LogP contribution >= 0.6 is 0 Å². The van der Waals surface area contributed by atoms with Gasteiger partial charge >= 0.3 is 0 Å². The Balaban J connectivity index is 0.000000527. The Labute approximate surface area is 264 Å². The Bertz CT molecular complexity index is 1850. The lowest BCUT2D eigenvalue weighted by Gasteiger charge is -2.33. The van der Waals surface area contributed by atoms with Crippen LogP contribution in [0.5, 0.6) is 0 Å². The van der Waals surface area contributed by atoms with Crippen molar-refractivity contribution in [2.75, 3.05) is 18.9 Å². The van der Waals surface area contributed by atoms with Gasteiger partial charge in [0.25, 0.3) is 5.91 Å². The third kappa shape index (κ3) is 5.83. The Kier molecular flexibility index (Phi) is 8.92. The molecule has 2 N–H and O–H groups in total. The van der Waals surface area contributed by atoms with Crippen LogP contribution in [0.3, 0.4) is 0 Å². The van der Waals surface area contributed by atoms with Crippen LogP contribution in [0.25, 0.3) is 10.9 Å². The second kappa shape index (κ2) is 12.7. The first-order chi connectivity index (χ1) is 21.9. The largest absolute Gasteiger partial charge is 0.348 e. The number of nitrogens with one attached hydrogen (secondary N) is 2. The molecule has 3 amide bonds. The molecule has 46 heavy (non-hydrogen) atoms. The highest BCUT2D eigenvalue weighted by Gasteiger charge is 2.56. The summed E-state index contributed by atoms with van der Waals surface area (Å²) in [4.78, 5) is 45.5. The number of carbonyl (C=O) groups excluding carboxylic acids is 3. The Morgan fingerprint density at radius 2 is 1.74 bits per heavy atom. The molecule has 3 atom stereocenters. The number of H-pyrrole nitrogens is 1. The molecule has 3 heterocycles. The smallest absolute Gasteiger partial charge is 0.270 e. The van der Waals surface area contributed by atoms with Crippen molar-refractivity contribution in [1.29, 1.82) is 5.26 Å². The molecule has 1 spiro atoms. The highest BCUT2D eigenvalue weighted by atomic mass is 19.2. The number of likely N-dealkylation sites (N-methyl/N-ethyl adjacent to an activating group) is 1. The molecule has 2 aliphatic rings. The van der Waals surface area contributed by atoms with E-state index in [1.54, 1.807) is 24.3 Å². The van der Waals surface area contributed by atoms with Crippen molar-refractivity contribution in [2.24, 2.45) is 5.92 Å². The second-order valence-corrected chi connectivity index (χ2v) is 12.2. The summed E-state index contributed by atoms with van der Waals surface area (Å²) in [5.74, 6) is -5.35. The van der Waals surface area contributed by atoms with Crippen LogP contribution in [0.4, 0.5) is 18.9 Å². The molecule has 1 aromatic heterocycles. The summed E-state index contributed by atoms with van der Waals surface area (Å²) >= 11 is 0. The predicted molar refractivity (Wildman–Crippen MR) is 167 cm³/mol. The summed E-state index contributed by atoms with van der Waals surface area (Å²) in [6.07, 6.45) is 0.333. The van der Waals surface area contributed by atoms with Gasteiger partial charge in [-0.25, -0.2) is 13.2 Å². The number of hydrogen-bond donors (Lipinski definition) is 2. The molecule has 2 aliphatic heterocycles. The Morgan fingerprint density at radius 3 is 2.37 bits per heavy atom. The quantitative estimate of drug-likeness (QED) is 0.261. The van der Waals surface area contributed by atoms with Gasteiger partial charge in [-0.15, -0.1) is 0 Å². The monoisotopic (exact) mass is 629 g/mol. The number of carbonyl (C=O) groups is 3. The number of amides is 3. The maximum absolute atomic E-state index is 14.3. The number of halogens is 3. The molecule has 6 rings (SSSR count). The summed E-state index contributed by atoms with van der Waals surface area (Å²) in [7, 11) is 1.39. The number of benzene rings is 3. The zero-order valence-corrected chi connectivity index (χ0v) is 25.9. The minimum Gasteiger partial charge on any atom is -0.348 e. The van der Waals surface area contributed by atoms with Crippen molar-refractivity contribution in [3.05, 3.63) is 101 Å². The molecular weight excluding hydrogens is 595 g/mol. The lowest BCUT2D eigenvalue weighted by atomic mass is 9.80.